The first-order valence-electron chi connectivity index (χ1n) is 18.8. The number of hydrogen-bond donors (Lipinski definition) is 2. The number of carbonyl (C=O) groups excluding carboxylic acids is 1. The lowest BCUT2D eigenvalue weighted by molar-refractivity contribution is -0.130. The van der Waals surface area contributed by atoms with Crippen LogP contribution in [0.2, 0.25) is 5.02 Å². The number of thiophene rings is 1. The molecule has 0 spiro atoms. The Morgan fingerprint density at radius 1 is 1.17 bits per heavy atom. The Balaban J connectivity index is 1.11. The fraction of sp³-hybridized carbons (Fsp3) is 0.526. The summed E-state index contributed by atoms with van der Waals surface area (Å²) in [5, 5.41) is 13.8. The minimum absolute atomic E-state index is 0.0236. The van der Waals surface area contributed by atoms with Crippen molar-refractivity contribution in [1.82, 2.24) is 25.1 Å². The fourth-order valence-corrected chi connectivity index (χ4v) is 10.8. The third kappa shape index (κ3) is 5.38. The van der Waals surface area contributed by atoms with Crippen molar-refractivity contribution in [2.45, 2.75) is 74.8 Å². The van der Waals surface area contributed by atoms with Crippen LogP contribution in [0.15, 0.2) is 12.1 Å². The summed E-state index contributed by atoms with van der Waals surface area (Å²) < 4.78 is 60.2. The van der Waals surface area contributed by atoms with Crippen LogP contribution in [0.4, 0.5) is 24.0 Å². The zero-order valence-corrected chi connectivity index (χ0v) is 30.9. The highest BCUT2D eigenvalue weighted by Gasteiger charge is 2.52. The Bertz CT molecular complexity index is 2280. The molecular formula is C38H38ClF3N8O3S. The van der Waals surface area contributed by atoms with Gasteiger partial charge in [0.25, 0.3) is 0 Å². The van der Waals surface area contributed by atoms with Gasteiger partial charge in [-0.2, -0.15) is 15.2 Å². The van der Waals surface area contributed by atoms with Crippen LogP contribution in [-0.2, 0) is 4.79 Å². The van der Waals surface area contributed by atoms with Crippen LogP contribution in [0, 0.1) is 28.9 Å². The topological polar surface area (TPSA) is 143 Å². The molecule has 4 saturated heterocycles. The van der Waals surface area contributed by atoms with E-state index in [1.807, 2.05) is 11.0 Å². The minimum atomic E-state index is -0.965. The number of nitriles is 1. The average Bonchev–Trinajstić information content (AvgIpc) is 4.05. The number of nitrogen functional groups attached to an aromatic ring is 1. The predicted octanol–water partition coefficient (Wildman–Crippen LogP) is 5.79. The van der Waals surface area contributed by atoms with Gasteiger partial charge in [0.15, 0.2) is 11.6 Å². The Morgan fingerprint density at radius 2 is 2.02 bits per heavy atom. The number of nitrogens with two attached hydrogens (primary N) is 1. The van der Waals surface area contributed by atoms with Crippen molar-refractivity contribution in [1.29, 1.82) is 5.26 Å². The van der Waals surface area contributed by atoms with Gasteiger partial charge in [0.2, 0.25) is 5.91 Å². The highest BCUT2D eigenvalue weighted by Crippen LogP contribution is 2.51. The number of alkyl halides is 1. The summed E-state index contributed by atoms with van der Waals surface area (Å²) in [6, 6.07) is 4.56. The van der Waals surface area contributed by atoms with E-state index >= 15 is 8.78 Å². The van der Waals surface area contributed by atoms with Gasteiger partial charge < -0.3 is 25.0 Å². The maximum atomic E-state index is 17.5. The number of aromatic nitrogens is 2. The van der Waals surface area contributed by atoms with Gasteiger partial charge >= 0.3 is 6.01 Å². The number of anilines is 2. The molecule has 5 fully saturated rings. The van der Waals surface area contributed by atoms with Crippen LogP contribution < -0.4 is 25.4 Å². The molecule has 54 heavy (non-hydrogen) atoms. The van der Waals surface area contributed by atoms with Gasteiger partial charge in [-0.1, -0.05) is 17.7 Å². The maximum absolute atomic E-state index is 17.5. The van der Waals surface area contributed by atoms with Gasteiger partial charge in [0.1, 0.15) is 47.0 Å². The molecule has 4 aromatic rings. The molecule has 6 aliphatic rings. The zero-order chi connectivity index (χ0) is 37.0. The second-order valence-corrected chi connectivity index (χ2v) is 17.0. The summed E-state index contributed by atoms with van der Waals surface area (Å²) in [5.74, 6) is -0.203. The minimum Gasteiger partial charge on any atom is -0.491 e. The van der Waals surface area contributed by atoms with E-state index in [1.54, 1.807) is 0 Å². The monoisotopic (exact) mass is 778 g/mol. The molecule has 282 valence electrons. The van der Waals surface area contributed by atoms with Crippen LogP contribution in [0.3, 0.4) is 0 Å². The molecule has 2 aromatic carbocycles. The molecule has 0 radical (unpaired) electrons. The van der Waals surface area contributed by atoms with E-state index in [9.17, 15) is 14.4 Å². The highest BCUT2D eigenvalue weighted by molar-refractivity contribution is 7.23. The largest absolute Gasteiger partial charge is 0.491 e. The molecule has 1 saturated carbocycles. The standard InChI is InChI=1S/C38H38ClF3N8O3S/c39-27-25(21-4-5-23(41)33-24(21)22(15-43)34(44)54-33)28(42)30-26-32(27)52-13-7-20-6-10-48(36(51)31-29(45-31)18-2-3-18)11-12-50(20)35(26)47-37(46-30)53-17-38-8-1-9-49(38)16-19(40)14-38/h4-5,18-20,29,31,45H,1-3,6-14,16-17,44H2/t19-,20?,29+,31-,38+/m1/s1. The van der Waals surface area contributed by atoms with Crippen LogP contribution in [-0.4, -0.2) is 101 Å². The van der Waals surface area contributed by atoms with Gasteiger partial charge in [-0.15, -0.1) is 11.3 Å². The fourth-order valence-electron chi connectivity index (χ4n) is 9.55. The van der Waals surface area contributed by atoms with E-state index in [1.165, 1.54) is 12.1 Å². The van der Waals surface area contributed by atoms with Gasteiger partial charge in [0.05, 0.1) is 32.8 Å². The number of ether oxygens (including phenoxy) is 2. The van der Waals surface area contributed by atoms with Crippen LogP contribution in [0.25, 0.3) is 32.1 Å². The molecule has 16 heteroatoms. The van der Waals surface area contributed by atoms with Crippen molar-refractivity contribution in [2.75, 3.05) is 56.6 Å². The number of hydrogen-bond acceptors (Lipinski definition) is 11. The lowest BCUT2D eigenvalue weighted by atomic mass is 9.95. The number of amides is 1. The first-order valence-corrected chi connectivity index (χ1v) is 19.9. The molecular weight excluding hydrogens is 741 g/mol. The Labute approximate surface area is 318 Å². The SMILES string of the molecule is N#Cc1c(N)sc2c(F)ccc(-c3c(Cl)c4c5c(nc(OC[C@@]67CCCN6C[C@H](F)C7)nc5c3F)N3CCN(C(=O)[C@@H]5N[C@H]5C5CC5)CCC3CCO4)c12. The van der Waals surface area contributed by atoms with Crippen molar-refractivity contribution in [2.24, 2.45) is 5.92 Å². The molecule has 11 nitrogen and oxygen atoms in total. The van der Waals surface area contributed by atoms with E-state index in [0.29, 0.717) is 57.2 Å². The third-order valence-corrected chi connectivity index (χ3v) is 13.8. The molecule has 2 aromatic heterocycles. The average molecular weight is 779 g/mol. The van der Waals surface area contributed by atoms with E-state index in [-0.39, 0.29) is 96.7 Å². The van der Waals surface area contributed by atoms with Crippen molar-refractivity contribution in [3.05, 3.63) is 34.4 Å². The molecule has 3 N–H and O–H groups in total. The molecule has 7 heterocycles. The number of nitrogens with one attached hydrogen (secondary N) is 1. The number of halogens is 4. The third-order valence-electron chi connectivity index (χ3n) is 12.5. The smallest absolute Gasteiger partial charge is 0.319 e. The number of nitrogens with zero attached hydrogens (tertiary/aromatic N) is 6. The van der Waals surface area contributed by atoms with E-state index in [0.717, 1.165) is 43.6 Å². The Morgan fingerprint density at radius 3 is 2.83 bits per heavy atom. The van der Waals surface area contributed by atoms with Gasteiger partial charge in [0, 0.05) is 62.1 Å². The van der Waals surface area contributed by atoms with E-state index in [2.05, 4.69) is 20.1 Å². The van der Waals surface area contributed by atoms with Crippen molar-refractivity contribution in [3.63, 3.8) is 0 Å². The van der Waals surface area contributed by atoms with Crippen LogP contribution in [0.5, 0.6) is 11.8 Å². The molecule has 0 bridgehead atoms. The molecule has 5 atom stereocenters. The van der Waals surface area contributed by atoms with E-state index in [4.69, 9.17) is 31.8 Å². The van der Waals surface area contributed by atoms with Crippen LogP contribution >= 0.6 is 22.9 Å². The predicted molar refractivity (Wildman–Crippen MR) is 199 cm³/mol. The molecule has 5 aliphatic heterocycles. The summed E-state index contributed by atoms with van der Waals surface area (Å²) in [6.07, 6.45) is 4.58. The number of fused-ring (bicyclic) bond motifs is 4. The maximum Gasteiger partial charge on any atom is 0.319 e. The second kappa shape index (κ2) is 12.7. The Hall–Kier alpha value is -4.10. The summed E-state index contributed by atoms with van der Waals surface area (Å²) in [6.45, 7) is 2.90. The quantitative estimate of drug-likeness (QED) is 0.231. The van der Waals surface area contributed by atoms with Gasteiger partial charge in [-0.3, -0.25) is 15.0 Å². The summed E-state index contributed by atoms with van der Waals surface area (Å²) in [7, 11) is 0. The number of rotatable bonds is 6. The first kappa shape index (κ1) is 34.4. The first-order chi connectivity index (χ1) is 26.2. The van der Waals surface area contributed by atoms with Gasteiger partial charge in [-0.05, 0) is 56.2 Å². The number of carbonyl (C=O) groups is 1. The Kier molecular flexibility index (Phi) is 8.10. The summed E-state index contributed by atoms with van der Waals surface area (Å²) in [4.78, 5) is 29.4. The molecule has 1 unspecified atom stereocenters. The van der Waals surface area contributed by atoms with Gasteiger partial charge in [-0.25, -0.2) is 13.2 Å². The normalized spacial score (nSPS) is 27.9. The lowest BCUT2D eigenvalue weighted by Gasteiger charge is -2.34. The summed E-state index contributed by atoms with van der Waals surface area (Å²) >= 11 is 8.05. The summed E-state index contributed by atoms with van der Waals surface area (Å²) in [5.41, 5.74) is 5.60. The van der Waals surface area contributed by atoms with Crippen molar-refractivity contribution in [3.8, 4) is 29.0 Å². The lowest BCUT2D eigenvalue weighted by Crippen LogP contribution is -2.43. The molecule has 10 rings (SSSR count). The van der Waals surface area contributed by atoms with Crippen molar-refractivity contribution >= 4 is 60.7 Å². The van der Waals surface area contributed by atoms with E-state index < -0.39 is 23.3 Å². The van der Waals surface area contributed by atoms with Crippen molar-refractivity contribution < 1.29 is 27.4 Å². The molecule has 1 amide bonds. The van der Waals surface area contributed by atoms with Crippen LogP contribution in [0.1, 0.15) is 50.5 Å². The zero-order valence-electron chi connectivity index (χ0n) is 29.3. The highest BCUT2D eigenvalue weighted by atomic mass is 35.5. The number of benzene rings is 2. The molecule has 1 aliphatic carbocycles. The second-order valence-electron chi connectivity index (χ2n) is 15.6.